The van der Waals surface area contributed by atoms with Gasteiger partial charge in [-0.05, 0) is 70.6 Å². The molecule has 0 aromatic carbocycles. The molecule has 0 saturated carbocycles. The zero-order valence-electron chi connectivity index (χ0n) is 41.2. The zero-order valence-corrected chi connectivity index (χ0v) is 41.2. The third kappa shape index (κ3) is 45.4. The molecule has 3 N–H and O–H groups in total. The van der Waals surface area contributed by atoms with E-state index < -0.39 is 18.2 Å². The van der Waals surface area contributed by atoms with E-state index in [2.05, 4.69) is 99.0 Å². The minimum Gasteiger partial charge on any atom is -0.462 e. The van der Waals surface area contributed by atoms with Gasteiger partial charge in [-0.25, -0.2) is 0 Å². The number of carbonyl (C=O) groups is 2. The molecule has 3 unspecified atom stereocenters. The molecule has 0 heterocycles. The number of hydrogen-bond acceptors (Lipinski definition) is 5. The number of carbonyl (C=O) groups excluding carboxylic acids is 2. The molecule has 0 rings (SSSR count). The molecule has 0 bridgehead atoms. The molecular formula is C57H99NO5. The number of aliphatic hydroxyl groups excluding tert-OH is 2. The summed E-state index contributed by atoms with van der Waals surface area (Å²) in [7, 11) is 0. The largest absolute Gasteiger partial charge is 0.462 e. The topological polar surface area (TPSA) is 95.9 Å². The van der Waals surface area contributed by atoms with Crippen molar-refractivity contribution in [1.29, 1.82) is 0 Å². The molecule has 6 heteroatoms. The highest BCUT2D eigenvalue weighted by atomic mass is 16.5. The minimum absolute atomic E-state index is 0.0407. The third-order valence-corrected chi connectivity index (χ3v) is 11.6. The second-order valence-corrected chi connectivity index (χ2v) is 17.7. The first-order valence-corrected chi connectivity index (χ1v) is 26.4. The van der Waals surface area contributed by atoms with Gasteiger partial charge in [-0.1, -0.05) is 241 Å². The summed E-state index contributed by atoms with van der Waals surface area (Å²) in [4.78, 5) is 26.1. The van der Waals surface area contributed by atoms with Crippen molar-refractivity contribution in [3.8, 4) is 0 Å². The molecule has 63 heavy (non-hydrogen) atoms. The normalized spacial score (nSPS) is 13.9. The molecule has 0 spiro atoms. The van der Waals surface area contributed by atoms with Gasteiger partial charge in [0, 0.05) is 6.42 Å². The van der Waals surface area contributed by atoms with Crippen molar-refractivity contribution >= 4 is 11.9 Å². The molecular weight excluding hydrogens is 779 g/mol. The van der Waals surface area contributed by atoms with Crippen molar-refractivity contribution in [3.63, 3.8) is 0 Å². The molecule has 0 aliphatic heterocycles. The van der Waals surface area contributed by atoms with E-state index >= 15 is 0 Å². The summed E-state index contributed by atoms with van der Waals surface area (Å²) in [5.41, 5.74) is 0. The van der Waals surface area contributed by atoms with Crippen molar-refractivity contribution in [2.24, 2.45) is 0 Å². The molecule has 3 atom stereocenters. The second kappa shape index (κ2) is 50.0. The number of esters is 1. The van der Waals surface area contributed by atoms with E-state index in [1.54, 1.807) is 0 Å². The van der Waals surface area contributed by atoms with Crippen molar-refractivity contribution in [2.45, 2.75) is 257 Å². The first-order valence-electron chi connectivity index (χ1n) is 26.4. The lowest BCUT2D eigenvalue weighted by molar-refractivity contribution is -0.151. The standard InChI is InChI=1S/C57H99NO5/c1-4-7-10-13-16-19-22-24-26-27-28-30-32-35-38-41-44-47-50-57(62)63-53(48-45-42-39-36-33-21-18-15-12-9-6-3)51-56(61)58-54(52-59)55(60)49-46-43-40-37-34-31-29-25-23-20-17-14-11-8-5-2/h9,12,15-16,18-19,21-22,24,26-28,30,33,53-55,59-60H,4-8,10-11,13-14,17,20,23,25,29,31-32,34-52H2,1-3H3,(H,58,61)/b12-9+,18-15+,19-16+,24-22+,27-26+,30-28+,33-21-. The Labute approximate surface area is 389 Å². The highest BCUT2D eigenvalue weighted by molar-refractivity contribution is 5.77. The van der Waals surface area contributed by atoms with E-state index in [0.29, 0.717) is 19.3 Å². The van der Waals surface area contributed by atoms with Gasteiger partial charge in [0.15, 0.2) is 0 Å². The summed E-state index contributed by atoms with van der Waals surface area (Å²) in [5.74, 6) is -0.539. The lowest BCUT2D eigenvalue weighted by Gasteiger charge is -2.24. The zero-order chi connectivity index (χ0) is 45.9. The third-order valence-electron chi connectivity index (χ3n) is 11.6. The van der Waals surface area contributed by atoms with E-state index in [-0.39, 0.29) is 24.9 Å². The predicted octanol–water partition coefficient (Wildman–Crippen LogP) is 16.0. The van der Waals surface area contributed by atoms with Crippen LogP contribution in [-0.2, 0) is 14.3 Å². The quantitative estimate of drug-likeness (QED) is 0.0322. The molecule has 0 radical (unpaired) electrons. The number of amides is 1. The fourth-order valence-corrected chi connectivity index (χ4v) is 7.62. The van der Waals surface area contributed by atoms with Gasteiger partial charge in [-0.15, -0.1) is 0 Å². The molecule has 0 aromatic rings. The number of ether oxygens (including phenoxy) is 1. The van der Waals surface area contributed by atoms with Gasteiger partial charge < -0.3 is 20.3 Å². The average Bonchev–Trinajstić information content (AvgIpc) is 3.28. The molecule has 6 nitrogen and oxygen atoms in total. The Bertz CT molecular complexity index is 1210. The Morgan fingerprint density at radius 3 is 1.35 bits per heavy atom. The smallest absolute Gasteiger partial charge is 0.306 e. The van der Waals surface area contributed by atoms with Crippen LogP contribution >= 0.6 is 0 Å². The van der Waals surface area contributed by atoms with E-state index in [1.165, 1.54) is 96.3 Å². The summed E-state index contributed by atoms with van der Waals surface area (Å²) in [6, 6.07) is -0.722. The lowest BCUT2D eigenvalue weighted by Crippen LogP contribution is -2.46. The Morgan fingerprint density at radius 1 is 0.476 bits per heavy atom. The minimum atomic E-state index is -0.805. The van der Waals surface area contributed by atoms with Crippen LogP contribution in [0.4, 0.5) is 0 Å². The molecule has 0 aliphatic carbocycles. The molecule has 0 saturated heterocycles. The van der Waals surface area contributed by atoms with E-state index in [9.17, 15) is 19.8 Å². The average molecular weight is 878 g/mol. The van der Waals surface area contributed by atoms with Crippen LogP contribution in [-0.4, -0.2) is 46.9 Å². The number of hydrogen-bond donors (Lipinski definition) is 3. The van der Waals surface area contributed by atoms with E-state index in [4.69, 9.17) is 4.74 Å². The summed E-state index contributed by atoms with van der Waals surface area (Å²) < 4.78 is 5.90. The predicted molar refractivity (Wildman–Crippen MR) is 273 cm³/mol. The second-order valence-electron chi connectivity index (χ2n) is 17.7. The van der Waals surface area contributed by atoms with Gasteiger partial charge in [-0.3, -0.25) is 9.59 Å². The number of aliphatic hydroxyl groups is 2. The number of rotatable bonds is 46. The summed E-state index contributed by atoms with van der Waals surface area (Å²) >= 11 is 0. The van der Waals surface area contributed by atoms with Crippen molar-refractivity contribution in [2.75, 3.05) is 6.61 Å². The maximum Gasteiger partial charge on any atom is 0.306 e. The van der Waals surface area contributed by atoms with Crippen LogP contribution in [0.5, 0.6) is 0 Å². The summed E-state index contributed by atoms with van der Waals surface area (Å²) in [6.45, 7) is 6.30. The number of nitrogens with one attached hydrogen (secondary N) is 1. The van der Waals surface area contributed by atoms with Gasteiger partial charge in [0.25, 0.3) is 0 Å². The number of unbranched alkanes of at least 4 members (excludes halogenated alkanes) is 25. The van der Waals surface area contributed by atoms with Gasteiger partial charge in [-0.2, -0.15) is 0 Å². The molecule has 0 aromatic heterocycles. The van der Waals surface area contributed by atoms with Crippen molar-refractivity contribution in [3.05, 3.63) is 85.1 Å². The van der Waals surface area contributed by atoms with Gasteiger partial charge >= 0.3 is 5.97 Å². The SMILES string of the molecule is CC/C=C/C=C/C=C\CCCCCC(CC(=O)NC(CO)C(O)CCCCCCCCCCCCCCCCC)OC(=O)CCCCCCC/C=C/C=C/C=C/C=C/CCCCC. The summed E-state index contributed by atoms with van der Waals surface area (Å²) in [6.07, 6.45) is 65.0. The maximum absolute atomic E-state index is 13.2. The highest BCUT2D eigenvalue weighted by Crippen LogP contribution is 2.17. The Balaban J connectivity index is 4.59. The fraction of sp³-hybridized carbons (Fsp3) is 0.719. The van der Waals surface area contributed by atoms with E-state index in [1.807, 2.05) is 12.2 Å². The lowest BCUT2D eigenvalue weighted by atomic mass is 10.0. The van der Waals surface area contributed by atoms with E-state index in [0.717, 1.165) is 96.3 Å². The van der Waals surface area contributed by atoms with Gasteiger partial charge in [0.1, 0.15) is 6.10 Å². The van der Waals surface area contributed by atoms with Crippen molar-refractivity contribution < 1.29 is 24.5 Å². The van der Waals surface area contributed by atoms with Gasteiger partial charge in [0.2, 0.25) is 5.91 Å². The van der Waals surface area contributed by atoms with Gasteiger partial charge in [0.05, 0.1) is 25.2 Å². The molecule has 0 aliphatic rings. The van der Waals surface area contributed by atoms with Crippen molar-refractivity contribution in [1.82, 2.24) is 5.32 Å². The fourth-order valence-electron chi connectivity index (χ4n) is 7.62. The highest BCUT2D eigenvalue weighted by Gasteiger charge is 2.24. The Morgan fingerprint density at radius 2 is 0.857 bits per heavy atom. The van der Waals surface area contributed by atoms with Crippen LogP contribution in [0.25, 0.3) is 0 Å². The summed E-state index contributed by atoms with van der Waals surface area (Å²) in [5, 5.41) is 23.8. The first-order chi connectivity index (χ1) is 31.0. The Kier molecular flexibility index (Phi) is 47.7. The first kappa shape index (κ1) is 60.0. The van der Waals surface area contributed by atoms with Crippen LogP contribution in [0.1, 0.15) is 239 Å². The molecule has 0 fully saturated rings. The van der Waals surface area contributed by atoms with Crippen LogP contribution in [0, 0.1) is 0 Å². The maximum atomic E-state index is 13.2. The van der Waals surface area contributed by atoms with Crippen LogP contribution in [0.2, 0.25) is 0 Å². The monoisotopic (exact) mass is 878 g/mol. The van der Waals surface area contributed by atoms with Crippen LogP contribution in [0.3, 0.4) is 0 Å². The number of allylic oxidation sites excluding steroid dienone is 14. The molecule has 1 amide bonds. The van der Waals surface area contributed by atoms with Crippen LogP contribution < -0.4 is 5.32 Å². The molecule has 362 valence electrons. The van der Waals surface area contributed by atoms with Crippen LogP contribution in [0.15, 0.2) is 85.1 Å². The Hall–Kier alpha value is -2.96.